The minimum Gasteiger partial charge on any atom is -0.349 e. The van der Waals surface area contributed by atoms with E-state index in [1.54, 1.807) is 6.20 Å². The fourth-order valence-corrected chi connectivity index (χ4v) is 2.33. The highest BCUT2D eigenvalue weighted by Crippen LogP contribution is 2.16. The van der Waals surface area contributed by atoms with Gasteiger partial charge in [0.2, 0.25) is 5.91 Å². The second-order valence-corrected chi connectivity index (χ2v) is 4.71. The van der Waals surface area contributed by atoms with Crippen LogP contribution in [0.15, 0.2) is 36.5 Å². The van der Waals surface area contributed by atoms with E-state index in [9.17, 15) is 4.79 Å². The van der Waals surface area contributed by atoms with Crippen molar-refractivity contribution in [3.05, 3.63) is 53.3 Å². The average molecular weight is 256 g/mol. The van der Waals surface area contributed by atoms with Crippen molar-refractivity contribution in [2.45, 2.75) is 25.6 Å². The summed E-state index contributed by atoms with van der Waals surface area (Å²) in [6.07, 6.45) is 2.42. The van der Waals surface area contributed by atoms with Crippen molar-refractivity contribution in [3.63, 3.8) is 0 Å². The van der Waals surface area contributed by atoms with Crippen LogP contribution in [0.5, 0.6) is 0 Å². The first-order valence-electron chi connectivity index (χ1n) is 6.39. The first-order valence-corrected chi connectivity index (χ1v) is 6.39. The average Bonchev–Trinajstić information content (AvgIpc) is 2.97. The summed E-state index contributed by atoms with van der Waals surface area (Å²) in [5, 5.41) is 12.9. The zero-order valence-electron chi connectivity index (χ0n) is 10.5. The van der Waals surface area contributed by atoms with Gasteiger partial charge in [-0.15, -0.1) is 0 Å². The van der Waals surface area contributed by atoms with Gasteiger partial charge in [0, 0.05) is 12.7 Å². The number of hydrogen-bond acceptors (Lipinski definition) is 3. The van der Waals surface area contributed by atoms with Crippen LogP contribution in [0, 0.1) is 0 Å². The molecular weight excluding hydrogens is 240 g/mol. The normalized spacial score (nSPS) is 17.8. The molecule has 0 bridgehead atoms. The van der Waals surface area contributed by atoms with E-state index in [0.29, 0.717) is 6.54 Å². The lowest BCUT2D eigenvalue weighted by molar-refractivity contribution is -0.123. The highest BCUT2D eigenvalue weighted by molar-refractivity contribution is 5.82. The molecule has 0 fully saturated rings. The summed E-state index contributed by atoms with van der Waals surface area (Å²) in [5.74, 6) is 0.0316. The predicted octanol–water partition coefficient (Wildman–Crippen LogP) is 0.740. The highest BCUT2D eigenvalue weighted by atomic mass is 16.2. The van der Waals surface area contributed by atoms with Gasteiger partial charge in [-0.25, -0.2) is 0 Å². The number of aromatic nitrogens is 2. The van der Waals surface area contributed by atoms with Crippen molar-refractivity contribution >= 4 is 5.91 Å². The molecule has 2 aromatic rings. The molecule has 0 saturated carbocycles. The summed E-state index contributed by atoms with van der Waals surface area (Å²) < 4.78 is 0. The first kappa shape index (κ1) is 11.9. The quantitative estimate of drug-likeness (QED) is 0.758. The molecule has 0 saturated heterocycles. The molecule has 0 unspecified atom stereocenters. The SMILES string of the molecule is O=C(NCc1ccn[nH]1)[C@H]1Cc2ccccc2CN1. The molecule has 0 spiro atoms. The van der Waals surface area contributed by atoms with Gasteiger partial charge in [0.05, 0.1) is 18.3 Å². The van der Waals surface area contributed by atoms with Crippen LogP contribution >= 0.6 is 0 Å². The Morgan fingerprint density at radius 3 is 2.95 bits per heavy atom. The number of rotatable bonds is 3. The van der Waals surface area contributed by atoms with E-state index >= 15 is 0 Å². The predicted molar refractivity (Wildman–Crippen MR) is 71.2 cm³/mol. The number of carbonyl (C=O) groups excluding carboxylic acids is 1. The van der Waals surface area contributed by atoms with Crippen molar-refractivity contribution in [2.75, 3.05) is 0 Å². The number of nitrogens with one attached hydrogen (secondary N) is 3. The standard InChI is InChI=1S/C14H16N4O/c19-14(16-9-12-5-6-17-18-12)13-7-10-3-1-2-4-11(10)8-15-13/h1-6,13,15H,7-9H2,(H,16,19)(H,17,18)/t13-/m1/s1. The Hall–Kier alpha value is -2.14. The third-order valence-electron chi connectivity index (χ3n) is 3.41. The maximum absolute atomic E-state index is 12.1. The van der Waals surface area contributed by atoms with Gasteiger partial charge < -0.3 is 10.6 Å². The van der Waals surface area contributed by atoms with Gasteiger partial charge in [-0.2, -0.15) is 5.10 Å². The lowest BCUT2D eigenvalue weighted by Crippen LogP contribution is -2.47. The van der Waals surface area contributed by atoms with E-state index in [4.69, 9.17) is 0 Å². The van der Waals surface area contributed by atoms with Crippen molar-refractivity contribution in [2.24, 2.45) is 0 Å². The van der Waals surface area contributed by atoms with Crippen molar-refractivity contribution < 1.29 is 4.79 Å². The molecule has 5 nitrogen and oxygen atoms in total. The minimum atomic E-state index is -0.155. The Morgan fingerprint density at radius 1 is 1.32 bits per heavy atom. The Kier molecular flexibility index (Phi) is 3.29. The van der Waals surface area contributed by atoms with Gasteiger partial charge >= 0.3 is 0 Å². The Balaban J connectivity index is 1.60. The summed E-state index contributed by atoms with van der Waals surface area (Å²) in [6, 6.07) is 9.93. The molecule has 19 heavy (non-hydrogen) atoms. The van der Waals surface area contributed by atoms with Crippen LogP contribution in [0.2, 0.25) is 0 Å². The summed E-state index contributed by atoms with van der Waals surface area (Å²) in [4.78, 5) is 12.1. The number of carbonyl (C=O) groups is 1. The van der Waals surface area contributed by atoms with Gasteiger partial charge in [0.15, 0.2) is 0 Å². The Morgan fingerprint density at radius 2 is 2.16 bits per heavy atom. The number of aromatic amines is 1. The van der Waals surface area contributed by atoms with E-state index in [1.807, 2.05) is 18.2 Å². The minimum absolute atomic E-state index is 0.0316. The Labute approximate surface area is 111 Å². The smallest absolute Gasteiger partial charge is 0.237 e. The third-order valence-corrected chi connectivity index (χ3v) is 3.41. The van der Waals surface area contributed by atoms with Gasteiger partial charge in [-0.05, 0) is 23.6 Å². The molecule has 1 aromatic carbocycles. The zero-order valence-corrected chi connectivity index (χ0v) is 10.5. The lowest BCUT2D eigenvalue weighted by atomic mass is 9.95. The summed E-state index contributed by atoms with van der Waals surface area (Å²) in [6.45, 7) is 1.23. The maximum Gasteiger partial charge on any atom is 0.237 e. The van der Waals surface area contributed by atoms with E-state index in [0.717, 1.165) is 18.7 Å². The van der Waals surface area contributed by atoms with Crippen molar-refractivity contribution in [3.8, 4) is 0 Å². The molecule has 0 aliphatic carbocycles. The topological polar surface area (TPSA) is 69.8 Å². The maximum atomic E-state index is 12.1. The van der Waals surface area contributed by atoms with Crippen LogP contribution in [-0.4, -0.2) is 22.1 Å². The molecule has 5 heteroatoms. The molecule has 1 amide bonds. The van der Waals surface area contributed by atoms with E-state index in [-0.39, 0.29) is 11.9 Å². The second-order valence-electron chi connectivity index (χ2n) is 4.71. The van der Waals surface area contributed by atoms with Crippen LogP contribution in [0.3, 0.4) is 0 Å². The number of hydrogen-bond donors (Lipinski definition) is 3. The number of amides is 1. The summed E-state index contributed by atoms with van der Waals surface area (Å²) in [7, 11) is 0. The highest BCUT2D eigenvalue weighted by Gasteiger charge is 2.23. The van der Waals surface area contributed by atoms with Gasteiger partial charge in [-0.1, -0.05) is 24.3 Å². The van der Waals surface area contributed by atoms with Crippen LogP contribution in [0.1, 0.15) is 16.8 Å². The van der Waals surface area contributed by atoms with E-state index in [1.165, 1.54) is 11.1 Å². The van der Waals surface area contributed by atoms with E-state index in [2.05, 4.69) is 33.0 Å². The van der Waals surface area contributed by atoms with Crippen LogP contribution in [0.25, 0.3) is 0 Å². The molecule has 3 N–H and O–H groups in total. The molecule has 1 atom stereocenters. The van der Waals surface area contributed by atoms with Gasteiger partial charge in [-0.3, -0.25) is 9.89 Å². The molecule has 1 aliphatic rings. The summed E-state index contributed by atoms with van der Waals surface area (Å²) >= 11 is 0. The van der Waals surface area contributed by atoms with E-state index < -0.39 is 0 Å². The largest absolute Gasteiger partial charge is 0.349 e. The number of nitrogens with zero attached hydrogens (tertiary/aromatic N) is 1. The van der Waals surface area contributed by atoms with Gasteiger partial charge in [0.1, 0.15) is 0 Å². The molecule has 1 aliphatic heterocycles. The lowest BCUT2D eigenvalue weighted by Gasteiger charge is -2.25. The third kappa shape index (κ3) is 2.66. The fraction of sp³-hybridized carbons (Fsp3) is 0.286. The first-order chi connectivity index (χ1) is 9.33. The number of fused-ring (bicyclic) bond motifs is 1. The second kappa shape index (κ2) is 5.24. The van der Waals surface area contributed by atoms with Crippen molar-refractivity contribution in [1.82, 2.24) is 20.8 Å². The Bertz CT molecular complexity index is 565. The zero-order chi connectivity index (χ0) is 13.1. The molecule has 1 aromatic heterocycles. The monoisotopic (exact) mass is 256 g/mol. The molecule has 2 heterocycles. The molecule has 3 rings (SSSR count). The van der Waals surface area contributed by atoms with Crippen LogP contribution in [-0.2, 0) is 24.3 Å². The fourth-order valence-electron chi connectivity index (χ4n) is 2.33. The van der Waals surface area contributed by atoms with Crippen LogP contribution in [0.4, 0.5) is 0 Å². The van der Waals surface area contributed by atoms with Crippen molar-refractivity contribution in [1.29, 1.82) is 0 Å². The molecule has 98 valence electrons. The van der Waals surface area contributed by atoms with Crippen LogP contribution < -0.4 is 10.6 Å². The molecular formula is C14H16N4O. The van der Waals surface area contributed by atoms with Gasteiger partial charge in [0.25, 0.3) is 0 Å². The number of benzene rings is 1. The molecule has 0 radical (unpaired) electrons. The summed E-state index contributed by atoms with van der Waals surface area (Å²) in [5.41, 5.74) is 3.44. The number of H-pyrrole nitrogens is 1.